The topological polar surface area (TPSA) is 130 Å². The van der Waals surface area contributed by atoms with E-state index >= 15 is 0 Å². The molecule has 1 aromatic carbocycles. The summed E-state index contributed by atoms with van der Waals surface area (Å²) in [5.41, 5.74) is 0.914. The van der Waals surface area contributed by atoms with Gasteiger partial charge in [-0.05, 0) is 23.8 Å². The molecule has 0 fully saturated rings. The normalized spacial score (nSPS) is 10.5. The van der Waals surface area contributed by atoms with Gasteiger partial charge in [0.25, 0.3) is 0 Å². The van der Waals surface area contributed by atoms with Crippen LogP contribution >= 0.6 is 11.6 Å². The molecule has 0 saturated carbocycles. The van der Waals surface area contributed by atoms with Crippen LogP contribution in [0, 0.1) is 10.1 Å². The lowest BCUT2D eigenvalue weighted by Crippen LogP contribution is -2.12. The first-order valence-electron chi connectivity index (χ1n) is 7.36. The van der Waals surface area contributed by atoms with Crippen molar-refractivity contribution < 1.29 is 14.8 Å². The predicted octanol–water partition coefficient (Wildman–Crippen LogP) is 3.89. The van der Waals surface area contributed by atoms with Crippen molar-refractivity contribution in [1.82, 2.24) is 9.97 Å². The van der Waals surface area contributed by atoms with Crippen LogP contribution in [0.1, 0.15) is 5.56 Å². The SMILES string of the molecule is O=C(O)Nc1cc(Cl)nc(NCc2ccc3ncccc3c2)c1[N+](=O)[O-]. The first-order valence-corrected chi connectivity index (χ1v) is 7.74. The maximum atomic E-state index is 11.4. The van der Waals surface area contributed by atoms with Crippen molar-refractivity contribution in [1.29, 1.82) is 0 Å². The number of benzene rings is 1. The van der Waals surface area contributed by atoms with Gasteiger partial charge in [-0.15, -0.1) is 0 Å². The van der Waals surface area contributed by atoms with Gasteiger partial charge in [0.1, 0.15) is 10.8 Å². The average Bonchev–Trinajstić information content (AvgIpc) is 2.58. The van der Waals surface area contributed by atoms with Crippen LogP contribution in [0.5, 0.6) is 0 Å². The van der Waals surface area contributed by atoms with Gasteiger partial charge in [0, 0.05) is 24.2 Å². The van der Waals surface area contributed by atoms with Gasteiger partial charge in [-0.3, -0.25) is 20.4 Å². The minimum absolute atomic E-state index is 0.0791. The van der Waals surface area contributed by atoms with Crippen molar-refractivity contribution in [2.45, 2.75) is 6.54 Å². The second kappa shape index (κ2) is 7.19. The molecule has 3 aromatic rings. The Hall–Kier alpha value is -3.46. The monoisotopic (exact) mass is 373 g/mol. The molecule has 2 heterocycles. The second-order valence-corrected chi connectivity index (χ2v) is 5.65. The van der Waals surface area contributed by atoms with Crippen LogP contribution in [0.4, 0.5) is 22.0 Å². The van der Waals surface area contributed by atoms with E-state index in [4.69, 9.17) is 16.7 Å². The molecule has 10 heteroatoms. The second-order valence-electron chi connectivity index (χ2n) is 5.26. The molecule has 9 nitrogen and oxygen atoms in total. The minimum atomic E-state index is -1.44. The minimum Gasteiger partial charge on any atom is -0.465 e. The van der Waals surface area contributed by atoms with Crippen molar-refractivity contribution in [2.24, 2.45) is 0 Å². The maximum Gasteiger partial charge on any atom is 0.409 e. The van der Waals surface area contributed by atoms with Gasteiger partial charge < -0.3 is 10.4 Å². The van der Waals surface area contributed by atoms with Crippen LogP contribution in [-0.4, -0.2) is 26.1 Å². The molecular weight excluding hydrogens is 362 g/mol. The van der Waals surface area contributed by atoms with Crippen molar-refractivity contribution in [2.75, 3.05) is 10.6 Å². The van der Waals surface area contributed by atoms with E-state index in [9.17, 15) is 14.9 Å². The zero-order chi connectivity index (χ0) is 18.7. The largest absolute Gasteiger partial charge is 0.465 e. The summed E-state index contributed by atoms with van der Waals surface area (Å²) in [6.45, 7) is 0.228. The standard InChI is InChI=1S/C16H12ClN5O4/c17-13-7-12(20-16(23)24)14(22(25)26)15(21-13)19-8-9-3-4-11-10(6-9)2-1-5-18-11/h1-7H,8H2,(H,23,24)(H2,19,20,21). The number of carboxylic acid groups (broad SMARTS) is 1. The van der Waals surface area contributed by atoms with Gasteiger partial charge in [-0.1, -0.05) is 23.7 Å². The van der Waals surface area contributed by atoms with Gasteiger partial charge >= 0.3 is 11.8 Å². The Bertz CT molecular complexity index is 1010. The van der Waals surface area contributed by atoms with Crippen molar-refractivity contribution >= 4 is 45.8 Å². The molecule has 0 atom stereocenters. The molecule has 0 radical (unpaired) electrons. The summed E-state index contributed by atoms with van der Waals surface area (Å²) in [6.07, 6.45) is 0.250. The van der Waals surface area contributed by atoms with Crippen LogP contribution in [0.3, 0.4) is 0 Å². The van der Waals surface area contributed by atoms with E-state index in [-0.39, 0.29) is 23.2 Å². The molecular formula is C16H12ClN5O4. The number of halogens is 1. The lowest BCUT2D eigenvalue weighted by atomic mass is 10.1. The fourth-order valence-corrected chi connectivity index (χ4v) is 2.64. The number of hydrogen-bond acceptors (Lipinski definition) is 6. The number of nitrogens with zero attached hydrogens (tertiary/aromatic N) is 3. The molecule has 0 aliphatic rings. The summed E-state index contributed by atoms with van der Waals surface area (Å²) >= 11 is 5.86. The lowest BCUT2D eigenvalue weighted by molar-refractivity contribution is -0.383. The quantitative estimate of drug-likeness (QED) is 0.351. The third-order valence-electron chi connectivity index (χ3n) is 3.51. The number of fused-ring (bicyclic) bond motifs is 1. The highest BCUT2D eigenvalue weighted by atomic mass is 35.5. The highest BCUT2D eigenvalue weighted by Gasteiger charge is 2.24. The summed E-state index contributed by atoms with van der Waals surface area (Å²) in [6, 6.07) is 10.4. The number of carbonyl (C=O) groups is 1. The number of anilines is 2. The van der Waals surface area contributed by atoms with E-state index < -0.39 is 16.7 Å². The fraction of sp³-hybridized carbons (Fsp3) is 0.0625. The number of pyridine rings is 2. The zero-order valence-electron chi connectivity index (χ0n) is 13.1. The van der Waals surface area contributed by atoms with Crippen LogP contribution in [0.15, 0.2) is 42.6 Å². The number of aromatic nitrogens is 2. The third kappa shape index (κ3) is 3.78. The summed E-state index contributed by atoms with van der Waals surface area (Å²) in [5.74, 6) is -0.127. The molecule has 0 bridgehead atoms. The summed E-state index contributed by atoms with van der Waals surface area (Å²) in [7, 11) is 0. The molecule has 132 valence electrons. The van der Waals surface area contributed by atoms with E-state index in [2.05, 4.69) is 15.3 Å². The zero-order valence-corrected chi connectivity index (χ0v) is 13.9. The molecule has 0 aliphatic heterocycles. The van der Waals surface area contributed by atoms with Crippen molar-refractivity contribution in [3.05, 3.63) is 63.4 Å². The smallest absolute Gasteiger partial charge is 0.409 e. The Morgan fingerprint density at radius 3 is 2.85 bits per heavy atom. The van der Waals surface area contributed by atoms with Gasteiger partial charge in [0.05, 0.1) is 10.4 Å². The molecule has 26 heavy (non-hydrogen) atoms. The molecule has 1 amide bonds. The van der Waals surface area contributed by atoms with E-state index in [1.807, 2.05) is 35.6 Å². The molecule has 3 N–H and O–H groups in total. The molecule has 3 rings (SSSR count). The highest BCUT2D eigenvalue weighted by Crippen LogP contribution is 2.34. The van der Waals surface area contributed by atoms with E-state index in [0.717, 1.165) is 22.5 Å². The first-order chi connectivity index (χ1) is 12.4. The number of nitrogens with one attached hydrogen (secondary N) is 2. The van der Waals surface area contributed by atoms with E-state index in [0.29, 0.717) is 0 Å². The Kier molecular flexibility index (Phi) is 4.81. The van der Waals surface area contributed by atoms with E-state index in [1.54, 1.807) is 6.20 Å². The summed E-state index contributed by atoms with van der Waals surface area (Å²) in [4.78, 5) is 29.6. The molecule has 0 saturated heterocycles. The van der Waals surface area contributed by atoms with Gasteiger partial charge in [-0.2, -0.15) is 0 Å². The summed E-state index contributed by atoms with van der Waals surface area (Å²) in [5, 5.41) is 25.8. The first kappa shape index (κ1) is 17.4. The van der Waals surface area contributed by atoms with Crippen LogP contribution in [-0.2, 0) is 6.54 Å². The Morgan fingerprint density at radius 2 is 2.12 bits per heavy atom. The number of rotatable bonds is 5. The average molecular weight is 374 g/mol. The van der Waals surface area contributed by atoms with Crippen LogP contribution < -0.4 is 10.6 Å². The van der Waals surface area contributed by atoms with Gasteiger partial charge in [0.2, 0.25) is 5.82 Å². The number of hydrogen-bond donors (Lipinski definition) is 3. The molecule has 0 unspecified atom stereocenters. The Morgan fingerprint density at radius 1 is 1.31 bits per heavy atom. The summed E-state index contributed by atoms with van der Waals surface area (Å²) < 4.78 is 0. The van der Waals surface area contributed by atoms with E-state index in [1.165, 1.54) is 0 Å². The van der Waals surface area contributed by atoms with Crippen LogP contribution in [0.2, 0.25) is 5.15 Å². The molecule has 0 aliphatic carbocycles. The Labute approximate surface area is 151 Å². The van der Waals surface area contributed by atoms with Crippen molar-refractivity contribution in [3.63, 3.8) is 0 Å². The highest BCUT2D eigenvalue weighted by molar-refractivity contribution is 6.30. The lowest BCUT2D eigenvalue weighted by Gasteiger charge is -2.10. The number of amides is 1. The maximum absolute atomic E-state index is 11.4. The van der Waals surface area contributed by atoms with Gasteiger partial charge in [0.15, 0.2) is 0 Å². The van der Waals surface area contributed by atoms with Crippen molar-refractivity contribution in [3.8, 4) is 0 Å². The third-order valence-corrected chi connectivity index (χ3v) is 3.71. The number of nitro groups is 1. The Balaban J connectivity index is 1.91. The molecule has 2 aromatic heterocycles. The fourth-order valence-electron chi connectivity index (χ4n) is 2.45. The predicted molar refractivity (Wildman–Crippen MR) is 96.6 cm³/mol. The van der Waals surface area contributed by atoms with Gasteiger partial charge in [-0.25, -0.2) is 9.78 Å². The molecule has 0 spiro atoms. The van der Waals surface area contributed by atoms with Crippen LogP contribution in [0.25, 0.3) is 10.9 Å².